The molecule has 0 aliphatic rings. The topological polar surface area (TPSA) is 60.0 Å². The second-order valence-corrected chi connectivity index (χ2v) is 4.37. The van der Waals surface area contributed by atoms with Crippen molar-refractivity contribution in [2.24, 2.45) is 0 Å². The molecule has 0 aliphatic carbocycles. The van der Waals surface area contributed by atoms with Crippen molar-refractivity contribution in [1.29, 1.82) is 0 Å². The molecular weight excluding hydrogens is 226 g/mol. The molecule has 3 N–H and O–H groups in total. The monoisotopic (exact) mass is 245 g/mol. The Hall–Kier alpha value is -1.97. The molecule has 1 aromatic heterocycles. The molecular formula is C14H19N3O. The van der Waals surface area contributed by atoms with Crippen LogP contribution >= 0.6 is 0 Å². The summed E-state index contributed by atoms with van der Waals surface area (Å²) >= 11 is 0. The van der Waals surface area contributed by atoms with Gasteiger partial charge in [-0.2, -0.15) is 0 Å². The van der Waals surface area contributed by atoms with E-state index in [1.807, 2.05) is 24.3 Å². The highest BCUT2D eigenvalue weighted by molar-refractivity contribution is 5.97. The minimum absolute atomic E-state index is 0.105. The molecule has 2 rings (SSSR count). The number of nitrogen functional groups attached to an aromatic ring is 1. The van der Waals surface area contributed by atoms with Crippen molar-refractivity contribution < 1.29 is 0 Å². The average molecular weight is 245 g/mol. The largest absolute Gasteiger partial charge is 0.393 e. The van der Waals surface area contributed by atoms with E-state index in [1.54, 1.807) is 11.6 Å². The number of anilines is 2. The lowest BCUT2D eigenvalue weighted by Gasteiger charge is -2.15. The fourth-order valence-electron chi connectivity index (χ4n) is 2.23. The highest BCUT2D eigenvalue weighted by Crippen LogP contribution is 2.26. The predicted octanol–water partition coefficient (Wildman–Crippen LogP) is 2.43. The molecule has 4 nitrogen and oxygen atoms in total. The Kier molecular flexibility index (Phi) is 3.55. The number of nitrogens with one attached hydrogen (secondary N) is 1. The Balaban J connectivity index is 2.77. The van der Waals surface area contributed by atoms with E-state index in [9.17, 15) is 4.79 Å². The van der Waals surface area contributed by atoms with Crippen LogP contribution in [0.2, 0.25) is 0 Å². The zero-order valence-corrected chi connectivity index (χ0v) is 10.9. The number of fused-ring (bicyclic) bond motifs is 1. The van der Waals surface area contributed by atoms with Crippen LogP contribution in [0.5, 0.6) is 0 Å². The molecule has 0 fully saturated rings. The number of hydrogen-bond donors (Lipinski definition) is 2. The van der Waals surface area contributed by atoms with Crippen LogP contribution in [-0.4, -0.2) is 11.6 Å². The van der Waals surface area contributed by atoms with E-state index in [0.29, 0.717) is 12.2 Å². The summed E-state index contributed by atoms with van der Waals surface area (Å²) in [5, 5.41) is 4.02. The minimum atomic E-state index is -0.105. The van der Waals surface area contributed by atoms with Gasteiger partial charge in [0.2, 0.25) is 0 Å². The minimum Gasteiger partial charge on any atom is -0.393 e. The molecule has 0 saturated heterocycles. The van der Waals surface area contributed by atoms with Gasteiger partial charge in [-0.15, -0.1) is 0 Å². The van der Waals surface area contributed by atoms with Crippen LogP contribution in [0, 0.1) is 0 Å². The molecule has 1 heterocycles. The average Bonchev–Trinajstić information content (AvgIpc) is 2.40. The number of benzene rings is 1. The summed E-state index contributed by atoms with van der Waals surface area (Å²) in [5.74, 6) is 0. The van der Waals surface area contributed by atoms with Gasteiger partial charge in [0.15, 0.2) is 0 Å². The Morgan fingerprint density at radius 3 is 2.72 bits per heavy atom. The Morgan fingerprint density at radius 2 is 2.06 bits per heavy atom. The number of rotatable bonds is 4. The van der Waals surface area contributed by atoms with Crippen molar-refractivity contribution >= 4 is 22.3 Å². The molecule has 0 aliphatic heterocycles. The predicted molar refractivity (Wildman–Crippen MR) is 77.1 cm³/mol. The zero-order chi connectivity index (χ0) is 13.1. The third-order valence-corrected chi connectivity index (χ3v) is 3.19. The third kappa shape index (κ3) is 1.94. The third-order valence-electron chi connectivity index (χ3n) is 3.19. The SMILES string of the molecule is CCCCn1c(=O)c(N)c(NC)c2ccccc21. The van der Waals surface area contributed by atoms with Gasteiger partial charge >= 0.3 is 0 Å². The van der Waals surface area contributed by atoms with Gasteiger partial charge in [0.05, 0.1) is 11.2 Å². The zero-order valence-electron chi connectivity index (χ0n) is 10.9. The van der Waals surface area contributed by atoms with Crippen molar-refractivity contribution in [3.8, 4) is 0 Å². The summed E-state index contributed by atoms with van der Waals surface area (Å²) in [6, 6.07) is 7.85. The summed E-state index contributed by atoms with van der Waals surface area (Å²) in [6.45, 7) is 2.82. The number of nitrogens with two attached hydrogens (primary N) is 1. The Bertz CT molecular complexity index is 616. The van der Waals surface area contributed by atoms with E-state index in [4.69, 9.17) is 5.73 Å². The molecule has 96 valence electrons. The number of para-hydroxylation sites is 1. The van der Waals surface area contributed by atoms with Crippen LogP contribution in [0.25, 0.3) is 10.9 Å². The number of nitrogens with zero attached hydrogens (tertiary/aromatic N) is 1. The van der Waals surface area contributed by atoms with Gasteiger partial charge in [-0.1, -0.05) is 31.5 Å². The van der Waals surface area contributed by atoms with E-state index in [-0.39, 0.29) is 5.56 Å². The Morgan fingerprint density at radius 1 is 1.33 bits per heavy atom. The van der Waals surface area contributed by atoms with Crippen LogP contribution in [0.15, 0.2) is 29.1 Å². The Labute approximate surface area is 106 Å². The first kappa shape index (κ1) is 12.5. The number of aromatic nitrogens is 1. The van der Waals surface area contributed by atoms with Gasteiger partial charge in [0.25, 0.3) is 5.56 Å². The maximum atomic E-state index is 12.3. The first-order valence-corrected chi connectivity index (χ1v) is 6.29. The molecule has 4 heteroatoms. The summed E-state index contributed by atoms with van der Waals surface area (Å²) < 4.78 is 1.77. The molecule has 2 aromatic rings. The van der Waals surface area contributed by atoms with Gasteiger partial charge in [0, 0.05) is 19.0 Å². The quantitative estimate of drug-likeness (QED) is 0.869. The highest BCUT2D eigenvalue weighted by Gasteiger charge is 2.12. The smallest absolute Gasteiger partial charge is 0.276 e. The van der Waals surface area contributed by atoms with Gasteiger partial charge in [-0.05, 0) is 12.5 Å². The van der Waals surface area contributed by atoms with E-state index >= 15 is 0 Å². The van der Waals surface area contributed by atoms with E-state index in [0.717, 1.165) is 29.4 Å². The van der Waals surface area contributed by atoms with Crippen LogP contribution in [0.4, 0.5) is 11.4 Å². The lowest BCUT2D eigenvalue weighted by atomic mass is 10.1. The first-order chi connectivity index (χ1) is 8.70. The summed E-state index contributed by atoms with van der Waals surface area (Å²) in [7, 11) is 1.79. The second-order valence-electron chi connectivity index (χ2n) is 4.37. The normalized spacial score (nSPS) is 10.8. The first-order valence-electron chi connectivity index (χ1n) is 6.29. The lowest BCUT2D eigenvalue weighted by Crippen LogP contribution is -2.24. The molecule has 0 radical (unpaired) electrons. The van der Waals surface area contributed by atoms with Crippen molar-refractivity contribution in [2.45, 2.75) is 26.3 Å². The van der Waals surface area contributed by atoms with Gasteiger partial charge in [0.1, 0.15) is 5.69 Å². The molecule has 0 spiro atoms. The lowest BCUT2D eigenvalue weighted by molar-refractivity contribution is 0.633. The van der Waals surface area contributed by atoms with E-state index < -0.39 is 0 Å². The summed E-state index contributed by atoms with van der Waals surface area (Å²) in [4.78, 5) is 12.3. The highest BCUT2D eigenvalue weighted by atomic mass is 16.1. The maximum Gasteiger partial charge on any atom is 0.276 e. The van der Waals surface area contributed by atoms with Crippen molar-refractivity contribution in [2.75, 3.05) is 18.1 Å². The number of unbranched alkanes of at least 4 members (excludes halogenated alkanes) is 1. The van der Waals surface area contributed by atoms with Crippen molar-refractivity contribution in [3.05, 3.63) is 34.6 Å². The second kappa shape index (κ2) is 5.12. The molecule has 18 heavy (non-hydrogen) atoms. The summed E-state index contributed by atoms with van der Waals surface area (Å²) in [6.07, 6.45) is 2.02. The molecule has 1 aromatic carbocycles. The molecule has 0 amide bonds. The molecule has 0 bridgehead atoms. The van der Waals surface area contributed by atoms with E-state index in [2.05, 4.69) is 12.2 Å². The maximum absolute atomic E-state index is 12.3. The van der Waals surface area contributed by atoms with Crippen molar-refractivity contribution in [1.82, 2.24) is 4.57 Å². The number of hydrogen-bond acceptors (Lipinski definition) is 3. The molecule has 0 unspecified atom stereocenters. The van der Waals surface area contributed by atoms with Gasteiger partial charge in [-0.25, -0.2) is 0 Å². The number of pyridine rings is 1. The fourth-order valence-corrected chi connectivity index (χ4v) is 2.23. The van der Waals surface area contributed by atoms with E-state index in [1.165, 1.54) is 0 Å². The molecule has 0 atom stereocenters. The van der Waals surface area contributed by atoms with Crippen LogP contribution in [0.3, 0.4) is 0 Å². The van der Waals surface area contributed by atoms with Crippen LogP contribution < -0.4 is 16.6 Å². The van der Waals surface area contributed by atoms with Crippen molar-refractivity contribution in [3.63, 3.8) is 0 Å². The fraction of sp³-hybridized carbons (Fsp3) is 0.357. The number of aryl methyl sites for hydroxylation is 1. The summed E-state index contributed by atoms with van der Waals surface area (Å²) in [5.41, 5.74) is 7.79. The van der Waals surface area contributed by atoms with Gasteiger partial charge in [-0.3, -0.25) is 4.79 Å². The standard InChI is InChI=1S/C14H19N3O/c1-3-4-9-17-11-8-6-5-7-10(11)13(16-2)12(15)14(17)18/h5-8,16H,3-4,9,15H2,1-2H3. The van der Waals surface area contributed by atoms with Gasteiger partial charge < -0.3 is 15.6 Å². The molecule has 0 saturated carbocycles. The van der Waals surface area contributed by atoms with Crippen LogP contribution in [0.1, 0.15) is 19.8 Å². The van der Waals surface area contributed by atoms with Crippen LogP contribution in [-0.2, 0) is 6.54 Å².